The van der Waals surface area contributed by atoms with E-state index in [9.17, 15) is 9.59 Å². The van der Waals surface area contributed by atoms with Crippen LogP contribution < -0.4 is 15.4 Å². The summed E-state index contributed by atoms with van der Waals surface area (Å²) in [7, 11) is 0. The Morgan fingerprint density at radius 3 is 2.43 bits per heavy atom. The van der Waals surface area contributed by atoms with Crippen LogP contribution in [0.2, 0.25) is 0 Å². The highest BCUT2D eigenvalue weighted by atomic mass is 16.5. The van der Waals surface area contributed by atoms with Crippen molar-refractivity contribution in [2.24, 2.45) is 0 Å². The Hall–Kier alpha value is -2.82. The second kappa shape index (κ2) is 5.43. The zero-order valence-corrected chi connectivity index (χ0v) is 13.3. The highest BCUT2D eigenvalue weighted by Crippen LogP contribution is 2.34. The molecule has 1 unspecified atom stereocenters. The van der Waals surface area contributed by atoms with Crippen molar-refractivity contribution in [1.29, 1.82) is 0 Å². The molecule has 2 aromatic carbocycles. The van der Waals surface area contributed by atoms with Crippen LogP contribution in [0, 0.1) is 13.8 Å². The molecule has 0 saturated heterocycles. The summed E-state index contributed by atoms with van der Waals surface area (Å²) in [5.74, 6) is -0.506. The van der Waals surface area contributed by atoms with Crippen molar-refractivity contribution >= 4 is 23.2 Å². The molecule has 1 atom stereocenters. The lowest BCUT2D eigenvalue weighted by molar-refractivity contribution is -0.143. The van der Waals surface area contributed by atoms with E-state index in [2.05, 4.69) is 10.6 Å². The smallest absolute Gasteiger partial charge is 0.278 e. The van der Waals surface area contributed by atoms with Gasteiger partial charge in [-0.3, -0.25) is 9.59 Å². The molecule has 0 fully saturated rings. The average molecular weight is 310 g/mol. The van der Waals surface area contributed by atoms with Gasteiger partial charge in [-0.25, -0.2) is 0 Å². The molecule has 0 radical (unpaired) electrons. The van der Waals surface area contributed by atoms with Gasteiger partial charge in [0.15, 0.2) is 0 Å². The van der Waals surface area contributed by atoms with Gasteiger partial charge in [-0.15, -0.1) is 0 Å². The van der Waals surface area contributed by atoms with E-state index in [-0.39, 0.29) is 0 Å². The molecule has 2 aromatic rings. The molecular weight excluding hydrogens is 292 g/mol. The summed E-state index contributed by atoms with van der Waals surface area (Å²) in [5.41, 5.74) is 1.50. The Morgan fingerprint density at radius 1 is 1.09 bits per heavy atom. The zero-order chi connectivity index (χ0) is 16.6. The number of nitrogens with one attached hydrogen (secondary N) is 2. The Labute approximate surface area is 134 Å². The first kappa shape index (κ1) is 15.1. The van der Waals surface area contributed by atoms with Crippen LogP contribution in [0.3, 0.4) is 0 Å². The highest BCUT2D eigenvalue weighted by Gasteiger charge is 2.47. The number of ether oxygens (including phenoxy) is 1. The molecule has 0 spiro atoms. The molecule has 2 amide bonds. The van der Waals surface area contributed by atoms with E-state index in [1.165, 1.54) is 6.92 Å². The van der Waals surface area contributed by atoms with Gasteiger partial charge < -0.3 is 15.4 Å². The molecule has 0 aromatic heterocycles. The van der Waals surface area contributed by atoms with Gasteiger partial charge in [0.1, 0.15) is 5.75 Å². The summed E-state index contributed by atoms with van der Waals surface area (Å²) in [6.07, 6.45) is 0. The Balaban J connectivity index is 1.91. The molecular formula is C18H18N2O3. The minimum absolute atomic E-state index is 0.478. The Bertz CT molecular complexity index is 780. The summed E-state index contributed by atoms with van der Waals surface area (Å²) in [4.78, 5) is 25.1. The van der Waals surface area contributed by atoms with Crippen molar-refractivity contribution in [2.45, 2.75) is 26.4 Å². The van der Waals surface area contributed by atoms with Crippen LogP contribution in [0.4, 0.5) is 11.4 Å². The van der Waals surface area contributed by atoms with Gasteiger partial charge in [0.2, 0.25) is 0 Å². The number of amides is 2. The van der Waals surface area contributed by atoms with Gasteiger partial charge in [0, 0.05) is 5.69 Å². The van der Waals surface area contributed by atoms with Gasteiger partial charge in [-0.2, -0.15) is 0 Å². The van der Waals surface area contributed by atoms with Crippen molar-refractivity contribution in [3.8, 4) is 5.75 Å². The fourth-order valence-corrected chi connectivity index (χ4v) is 2.56. The molecule has 0 saturated carbocycles. The van der Waals surface area contributed by atoms with Gasteiger partial charge in [0.05, 0.1) is 5.69 Å². The maximum Gasteiger partial charge on any atom is 0.278 e. The highest BCUT2D eigenvalue weighted by molar-refractivity contribution is 6.19. The predicted octanol–water partition coefficient (Wildman–Crippen LogP) is 3.03. The summed E-state index contributed by atoms with van der Waals surface area (Å²) >= 11 is 0. The molecule has 5 nitrogen and oxygen atoms in total. The maximum absolute atomic E-state index is 12.7. The second-order valence-corrected chi connectivity index (χ2v) is 5.81. The lowest BCUT2D eigenvalue weighted by Gasteiger charge is -2.33. The summed E-state index contributed by atoms with van der Waals surface area (Å²) in [6.45, 7) is 5.28. The van der Waals surface area contributed by atoms with Gasteiger partial charge in [-0.1, -0.05) is 30.3 Å². The molecule has 1 aliphatic rings. The van der Waals surface area contributed by atoms with Gasteiger partial charge in [0.25, 0.3) is 17.4 Å². The number of carbonyl (C=O) groups excluding carboxylic acids is 2. The van der Waals surface area contributed by atoms with Crippen LogP contribution in [0.15, 0.2) is 42.5 Å². The van der Waals surface area contributed by atoms with Crippen molar-refractivity contribution < 1.29 is 14.3 Å². The van der Waals surface area contributed by atoms with Crippen molar-refractivity contribution in [2.75, 3.05) is 10.6 Å². The van der Waals surface area contributed by atoms with E-state index in [0.29, 0.717) is 17.1 Å². The number of aryl methyl sites for hydroxylation is 2. The summed E-state index contributed by atoms with van der Waals surface area (Å²) in [5, 5.41) is 5.55. The van der Waals surface area contributed by atoms with Crippen LogP contribution in [0.1, 0.15) is 18.1 Å². The molecule has 3 rings (SSSR count). The Morgan fingerprint density at radius 2 is 1.74 bits per heavy atom. The van der Waals surface area contributed by atoms with Crippen LogP contribution in [0.5, 0.6) is 5.75 Å². The summed E-state index contributed by atoms with van der Waals surface area (Å²) < 4.78 is 5.72. The SMILES string of the molecule is Cc1cccc(C)c1NC(=O)C1(C)Oc2ccccc2NC1=O. The van der Waals surface area contributed by atoms with Crippen molar-refractivity contribution in [1.82, 2.24) is 0 Å². The zero-order valence-electron chi connectivity index (χ0n) is 13.3. The third-order valence-electron chi connectivity index (χ3n) is 4.04. The number of benzene rings is 2. The van der Waals surface area contributed by atoms with Crippen LogP contribution in [-0.4, -0.2) is 17.4 Å². The molecule has 2 N–H and O–H groups in total. The van der Waals surface area contributed by atoms with Crippen LogP contribution in [-0.2, 0) is 9.59 Å². The molecule has 5 heteroatoms. The minimum atomic E-state index is -1.62. The minimum Gasteiger partial charge on any atom is -0.466 e. The fraction of sp³-hybridized carbons (Fsp3) is 0.222. The molecule has 0 bridgehead atoms. The van der Waals surface area contributed by atoms with Gasteiger partial charge in [-0.05, 0) is 44.0 Å². The number of hydrogen-bond donors (Lipinski definition) is 2. The van der Waals surface area contributed by atoms with E-state index < -0.39 is 17.4 Å². The number of hydrogen-bond acceptors (Lipinski definition) is 3. The lowest BCUT2D eigenvalue weighted by atomic mass is 10.0. The second-order valence-electron chi connectivity index (χ2n) is 5.81. The third-order valence-corrected chi connectivity index (χ3v) is 4.04. The number of fused-ring (bicyclic) bond motifs is 1. The van der Waals surface area contributed by atoms with E-state index in [0.717, 1.165) is 11.1 Å². The largest absolute Gasteiger partial charge is 0.466 e. The molecule has 1 aliphatic heterocycles. The predicted molar refractivity (Wildman–Crippen MR) is 88.7 cm³/mol. The topological polar surface area (TPSA) is 67.4 Å². The number of carbonyl (C=O) groups is 2. The number of rotatable bonds is 2. The van der Waals surface area contributed by atoms with E-state index >= 15 is 0 Å². The van der Waals surface area contributed by atoms with Gasteiger partial charge >= 0.3 is 0 Å². The normalized spacial score (nSPS) is 19.3. The first-order valence-corrected chi connectivity index (χ1v) is 7.39. The maximum atomic E-state index is 12.7. The van der Waals surface area contributed by atoms with E-state index in [4.69, 9.17) is 4.74 Å². The molecule has 118 valence electrons. The average Bonchev–Trinajstić information content (AvgIpc) is 2.52. The number of anilines is 2. The molecule has 1 heterocycles. The summed E-state index contributed by atoms with van der Waals surface area (Å²) in [6, 6.07) is 12.8. The van der Waals surface area contributed by atoms with Crippen LogP contribution >= 0.6 is 0 Å². The Kier molecular flexibility index (Phi) is 3.56. The van der Waals surface area contributed by atoms with Crippen molar-refractivity contribution in [3.05, 3.63) is 53.6 Å². The first-order chi connectivity index (χ1) is 10.9. The first-order valence-electron chi connectivity index (χ1n) is 7.39. The molecule has 0 aliphatic carbocycles. The van der Waals surface area contributed by atoms with Crippen molar-refractivity contribution in [3.63, 3.8) is 0 Å². The molecule has 23 heavy (non-hydrogen) atoms. The lowest BCUT2D eigenvalue weighted by Crippen LogP contribution is -2.56. The monoisotopic (exact) mass is 310 g/mol. The number of para-hydroxylation sites is 3. The van der Waals surface area contributed by atoms with E-state index in [1.807, 2.05) is 32.0 Å². The van der Waals surface area contributed by atoms with Crippen LogP contribution in [0.25, 0.3) is 0 Å². The standard InChI is InChI=1S/C18H18N2O3/c1-11-7-6-8-12(2)15(11)20-17(22)18(3)16(21)19-13-9-4-5-10-14(13)23-18/h4-10H,1-3H3,(H,19,21)(H,20,22). The fourth-order valence-electron chi connectivity index (χ4n) is 2.56. The quantitative estimate of drug-likeness (QED) is 0.838. The third kappa shape index (κ3) is 2.54. The van der Waals surface area contributed by atoms with E-state index in [1.54, 1.807) is 24.3 Å².